The minimum Gasteiger partial charge on any atom is -0.394 e. The topological polar surface area (TPSA) is 52.6 Å². The van der Waals surface area contributed by atoms with Crippen LogP contribution in [0, 0.1) is 5.82 Å². The molecular formula is C18H19FN2O2. The van der Waals surface area contributed by atoms with Crippen molar-refractivity contribution >= 4 is 11.6 Å². The molecule has 1 amide bonds. The Hall–Kier alpha value is -2.24. The van der Waals surface area contributed by atoms with E-state index in [0.29, 0.717) is 5.69 Å². The Morgan fingerprint density at radius 3 is 2.70 bits per heavy atom. The lowest BCUT2D eigenvalue weighted by atomic mass is 9.93. The molecule has 2 aromatic carbocycles. The zero-order valence-corrected chi connectivity index (χ0v) is 12.7. The van der Waals surface area contributed by atoms with Crippen LogP contribution in [-0.2, 0) is 11.2 Å². The summed E-state index contributed by atoms with van der Waals surface area (Å²) in [6.07, 6.45) is 0.858. The van der Waals surface area contributed by atoms with E-state index in [1.54, 1.807) is 0 Å². The molecule has 0 fully saturated rings. The van der Waals surface area contributed by atoms with Gasteiger partial charge in [0.15, 0.2) is 0 Å². The smallest absolute Gasteiger partial charge is 0.238 e. The number of aliphatic hydroxyl groups is 1. The zero-order chi connectivity index (χ0) is 16.2. The minimum absolute atomic E-state index is 0.0269. The Kier molecular flexibility index (Phi) is 4.69. The van der Waals surface area contributed by atoms with Crippen LogP contribution in [-0.4, -0.2) is 35.6 Å². The van der Waals surface area contributed by atoms with Gasteiger partial charge in [-0.2, -0.15) is 0 Å². The number of carbonyl (C=O) groups excluding carboxylic acids is 1. The molecule has 4 nitrogen and oxygen atoms in total. The highest BCUT2D eigenvalue weighted by molar-refractivity contribution is 5.92. The fourth-order valence-electron chi connectivity index (χ4n) is 3.02. The first kappa shape index (κ1) is 15.6. The first-order valence-electron chi connectivity index (χ1n) is 7.65. The quantitative estimate of drug-likeness (QED) is 0.911. The van der Waals surface area contributed by atoms with E-state index in [4.69, 9.17) is 0 Å². The maximum absolute atomic E-state index is 12.9. The number of rotatable bonds is 4. The maximum atomic E-state index is 12.9. The fraction of sp³-hybridized carbons (Fsp3) is 0.278. The molecule has 0 saturated carbocycles. The molecule has 1 aliphatic heterocycles. The predicted octanol–water partition coefficient (Wildman–Crippen LogP) is 2.36. The van der Waals surface area contributed by atoms with Gasteiger partial charge in [0.05, 0.1) is 19.2 Å². The number of nitrogens with zero attached hydrogens (tertiary/aromatic N) is 1. The number of hydrogen-bond donors (Lipinski definition) is 2. The molecule has 1 aliphatic rings. The molecule has 0 spiro atoms. The van der Waals surface area contributed by atoms with Gasteiger partial charge < -0.3 is 10.4 Å². The van der Waals surface area contributed by atoms with Gasteiger partial charge in [-0.3, -0.25) is 9.69 Å². The lowest BCUT2D eigenvalue weighted by molar-refractivity contribution is -0.118. The zero-order valence-electron chi connectivity index (χ0n) is 12.7. The predicted molar refractivity (Wildman–Crippen MR) is 86.6 cm³/mol. The molecule has 120 valence electrons. The average molecular weight is 314 g/mol. The van der Waals surface area contributed by atoms with Crippen LogP contribution in [0.2, 0.25) is 0 Å². The molecule has 0 aliphatic carbocycles. The normalized spacial score (nSPS) is 17.6. The Morgan fingerprint density at radius 2 is 1.96 bits per heavy atom. The molecule has 0 radical (unpaired) electrons. The van der Waals surface area contributed by atoms with Crippen molar-refractivity contribution in [1.82, 2.24) is 4.90 Å². The van der Waals surface area contributed by atoms with Crippen molar-refractivity contribution in [2.24, 2.45) is 0 Å². The number of hydrogen-bond acceptors (Lipinski definition) is 3. The van der Waals surface area contributed by atoms with Crippen molar-refractivity contribution in [2.45, 2.75) is 12.5 Å². The lowest BCUT2D eigenvalue weighted by Crippen LogP contribution is -2.42. The minimum atomic E-state index is -0.337. The van der Waals surface area contributed by atoms with Crippen molar-refractivity contribution in [3.8, 4) is 0 Å². The molecule has 2 aromatic rings. The van der Waals surface area contributed by atoms with Gasteiger partial charge >= 0.3 is 0 Å². The van der Waals surface area contributed by atoms with Gasteiger partial charge in [-0.15, -0.1) is 0 Å². The standard InChI is InChI=1S/C18H19FN2O2/c19-14-5-7-15(8-6-14)20-18(23)11-21-10-9-13-3-1-2-4-16(13)17(21)12-22/h1-8,17,22H,9-12H2,(H,20,23). The molecule has 23 heavy (non-hydrogen) atoms. The highest BCUT2D eigenvalue weighted by atomic mass is 19.1. The molecule has 0 bridgehead atoms. The third kappa shape index (κ3) is 3.57. The second-order valence-corrected chi connectivity index (χ2v) is 5.67. The number of amides is 1. The molecule has 1 heterocycles. The Morgan fingerprint density at radius 1 is 1.22 bits per heavy atom. The van der Waals surface area contributed by atoms with E-state index in [1.807, 2.05) is 23.1 Å². The number of halogens is 1. The van der Waals surface area contributed by atoms with E-state index < -0.39 is 0 Å². The summed E-state index contributed by atoms with van der Waals surface area (Å²) in [4.78, 5) is 14.2. The van der Waals surface area contributed by atoms with Crippen LogP contribution in [0.4, 0.5) is 10.1 Å². The summed E-state index contributed by atoms with van der Waals surface area (Å²) < 4.78 is 12.9. The van der Waals surface area contributed by atoms with Crippen LogP contribution in [0.1, 0.15) is 17.2 Å². The van der Waals surface area contributed by atoms with Crippen LogP contribution in [0.25, 0.3) is 0 Å². The summed E-state index contributed by atoms with van der Waals surface area (Å²) in [6.45, 7) is 0.886. The van der Waals surface area contributed by atoms with Crippen LogP contribution < -0.4 is 5.32 Å². The van der Waals surface area contributed by atoms with Gasteiger partial charge in [0, 0.05) is 12.2 Å². The molecule has 5 heteroatoms. The van der Waals surface area contributed by atoms with Gasteiger partial charge in [0.1, 0.15) is 5.82 Å². The summed E-state index contributed by atoms with van der Waals surface area (Å²) >= 11 is 0. The van der Waals surface area contributed by atoms with E-state index in [9.17, 15) is 14.3 Å². The number of anilines is 1. The van der Waals surface area contributed by atoms with Gasteiger partial charge in [0.2, 0.25) is 5.91 Å². The van der Waals surface area contributed by atoms with Crippen molar-refractivity contribution in [1.29, 1.82) is 0 Å². The third-order valence-corrected chi connectivity index (χ3v) is 4.17. The van der Waals surface area contributed by atoms with Gasteiger partial charge in [-0.1, -0.05) is 24.3 Å². The average Bonchev–Trinajstić information content (AvgIpc) is 2.57. The van der Waals surface area contributed by atoms with Crippen LogP contribution >= 0.6 is 0 Å². The largest absolute Gasteiger partial charge is 0.394 e. The number of carbonyl (C=O) groups is 1. The first-order chi connectivity index (χ1) is 11.2. The Labute approximate surface area is 134 Å². The Balaban J connectivity index is 1.67. The number of benzene rings is 2. The monoisotopic (exact) mass is 314 g/mol. The summed E-state index contributed by atoms with van der Waals surface area (Å²) in [5, 5.41) is 12.5. The molecule has 0 saturated heterocycles. The summed E-state index contributed by atoms with van der Waals surface area (Å²) in [5.41, 5.74) is 2.87. The van der Waals surface area contributed by atoms with E-state index in [0.717, 1.165) is 18.5 Å². The number of nitrogens with one attached hydrogen (secondary N) is 1. The van der Waals surface area contributed by atoms with Crippen LogP contribution in [0.5, 0.6) is 0 Å². The Bertz CT molecular complexity index is 688. The van der Waals surface area contributed by atoms with Crippen molar-refractivity contribution in [2.75, 3.05) is 25.0 Å². The lowest BCUT2D eigenvalue weighted by Gasteiger charge is -2.35. The molecule has 3 rings (SSSR count). The highest BCUT2D eigenvalue weighted by Crippen LogP contribution is 2.28. The van der Waals surface area contributed by atoms with Crippen molar-refractivity contribution < 1.29 is 14.3 Å². The van der Waals surface area contributed by atoms with E-state index in [1.165, 1.54) is 29.8 Å². The third-order valence-electron chi connectivity index (χ3n) is 4.17. The molecule has 2 N–H and O–H groups in total. The molecular weight excluding hydrogens is 295 g/mol. The molecule has 1 unspecified atom stereocenters. The first-order valence-corrected chi connectivity index (χ1v) is 7.65. The van der Waals surface area contributed by atoms with Crippen molar-refractivity contribution in [3.05, 3.63) is 65.5 Å². The number of fused-ring (bicyclic) bond motifs is 1. The van der Waals surface area contributed by atoms with Crippen molar-refractivity contribution in [3.63, 3.8) is 0 Å². The van der Waals surface area contributed by atoms with Gasteiger partial charge in [0.25, 0.3) is 0 Å². The van der Waals surface area contributed by atoms with Crippen LogP contribution in [0.15, 0.2) is 48.5 Å². The second kappa shape index (κ2) is 6.89. The van der Waals surface area contributed by atoms with E-state index in [2.05, 4.69) is 11.4 Å². The van der Waals surface area contributed by atoms with E-state index >= 15 is 0 Å². The highest BCUT2D eigenvalue weighted by Gasteiger charge is 2.27. The summed E-state index contributed by atoms with van der Waals surface area (Å²) in [7, 11) is 0. The van der Waals surface area contributed by atoms with Gasteiger partial charge in [-0.05, 0) is 41.8 Å². The molecule has 1 atom stereocenters. The molecule has 0 aromatic heterocycles. The number of aliphatic hydroxyl groups excluding tert-OH is 1. The fourth-order valence-corrected chi connectivity index (χ4v) is 3.02. The SMILES string of the molecule is O=C(CN1CCc2ccccc2C1CO)Nc1ccc(F)cc1. The van der Waals surface area contributed by atoms with Gasteiger partial charge in [-0.25, -0.2) is 4.39 Å². The maximum Gasteiger partial charge on any atom is 0.238 e. The van der Waals surface area contributed by atoms with E-state index in [-0.39, 0.29) is 30.9 Å². The summed E-state index contributed by atoms with van der Waals surface area (Å²) in [6, 6.07) is 13.5. The summed E-state index contributed by atoms with van der Waals surface area (Å²) in [5.74, 6) is -0.509. The second-order valence-electron chi connectivity index (χ2n) is 5.67. The van der Waals surface area contributed by atoms with Crippen LogP contribution in [0.3, 0.4) is 0 Å².